The molecule has 2 aromatic rings. The van der Waals surface area contributed by atoms with E-state index in [4.69, 9.17) is 0 Å². The third-order valence-electron chi connectivity index (χ3n) is 2.52. The Bertz CT molecular complexity index is 542. The third-order valence-corrected chi connectivity index (χ3v) is 3.25. The molecule has 18 heavy (non-hydrogen) atoms. The van der Waals surface area contributed by atoms with Crippen LogP contribution in [0.4, 0.5) is 0 Å². The van der Waals surface area contributed by atoms with Crippen molar-refractivity contribution in [3.8, 4) is 0 Å². The van der Waals surface area contributed by atoms with Crippen molar-refractivity contribution in [1.29, 1.82) is 0 Å². The lowest BCUT2D eigenvalue weighted by molar-refractivity contribution is -0.125. The summed E-state index contributed by atoms with van der Waals surface area (Å²) in [5.74, 6) is -0.00921. The van der Waals surface area contributed by atoms with E-state index in [1.54, 1.807) is 46.3 Å². The Labute approximate surface area is 110 Å². The minimum absolute atomic E-state index is 0.00921. The summed E-state index contributed by atoms with van der Waals surface area (Å²) in [6, 6.07) is 2.03. The highest BCUT2D eigenvalue weighted by molar-refractivity contribution is 7.07. The number of carbonyl (C=O) groups excluding carboxylic acids is 1. The summed E-state index contributed by atoms with van der Waals surface area (Å²) in [6.45, 7) is 0.639. The standard InChI is InChI=1S/C13H15N3OS/c1-15(8-12-5-6-18-10-12)13(17)4-3-11-7-14-16(2)9-11/h3-7,9-10H,8H2,1-2H3. The normalized spacial score (nSPS) is 11.0. The molecule has 94 valence electrons. The Kier molecular flexibility index (Phi) is 3.94. The summed E-state index contributed by atoms with van der Waals surface area (Å²) in [6.07, 6.45) is 6.94. The lowest BCUT2D eigenvalue weighted by Gasteiger charge is -2.13. The molecule has 4 nitrogen and oxygen atoms in total. The number of aryl methyl sites for hydroxylation is 1. The quantitative estimate of drug-likeness (QED) is 0.791. The van der Waals surface area contributed by atoms with E-state index in [2.05, 4.69) is 10.5 Å². The summed E-state index contributed by atoms with van der Waals surface area (Å²) in [7, 11) is 3.65. The summed E-state index contributed by atoms with van der Waals surface area (Å²) in [5.41, 5.74) is 2.08. The van der Waals surface area contributed by atoms with E-state index in [9.17, 15) is 4.79 Å². The van der Waals surface area contributed by atoms with Gasteiger partial charge in [-0.2, -0.15) is 16.4 Å². The van der Waals surface area contributed by atoms with Gasteiger partial charge < -0.3 is 4.90 Å². The smallest absolute Gasteiger partial charge is 0.246 e. The van der Waals surface area contributed by atoms with Crippen molar-refractivity contribution in [1.82, 2.24) is 14.7 Å². The minimum Gasteiger partial charge on any atom is -0.338 e. The zero-order valence-corrected chi connectivity index (χ0v) is 11.2. The van der Waals surface area contributed by atoms with Crippen LogP contribution < -0.4 is 0 Å². The number of nitrogens with zero attached hydrogens (tertiary/aromatic N) is 3. The molecular weight excluding hydrogens is 246 g/mol. The molecule has 2 rings (SSSR count). The van der Waals surface area contributed by atoms with Crippen molar-refractivity contribution in [2.75, 3.05) is 7.05 Å². The van der Waals surface area contributed by atoms with Crippen molar-refractivity contribution < 1.29 is 4.79 Å². The van der Waals surface area contributed by atoms with Crippen LogP contribution in [0, 0.1) is 0 Å². The molecule has 1 amide bonds. The van der Waals surface area contributed by atoms with Crippen LogP contribution in [0.3, 0.4) is 0 Å². The SMILES string of the molecule is CN(Cc1ccsc1)C(=O)C=Cc1cnn(C)c1. The van der Waals surface area contributed by atoms with Gasteiger partial charge in [0.15, 0.2) is 0 Å². The number of amides is 1. The van der Waals surface area contributed by atoms with Gasteiger partial charge in [0.1, 0.15) is 0 Å². The molecule has 0 saturated carbocycles. The van der Waals surface area contributed by atoms with Crippen LogP contribution in [0.5, 0.6) is 0 Å². The van der Waals surface area contributed by atoms with Gasteiger partial charge in [0.2, 0.25) is 5.91 Å². The molecular formula is C13H15N3OS. The van der Waals surface area contributed by atoms with E-state index in [0.717, 1.165) is 11.1 Å². The lowest BCUT2D eigenvalue weighted by atomic mass is 10.3. The summed E-state index contributed by atoms with van der Waals surface area (Å²) in [4.78, 5) is 13.6. The number of likely N-dealkylation sites (N-methyl/N-ethyl adjacent to an activating group) is 1. The van der Waals surface area contributed by atoms with Crippen molar-refractivity contribution in [3.63, 3.8) is 0 Å². The van der Waals surface area contributed by atoms with Gasteiger partial charge in [0.25, 0.3) is 0 Å². The Morgan fingerprint density at radius 3 is 3.06 bits per heavy atom. The highest BCUT2D eigenvalue weighted by atomic mass is 32.1. The molecule has 0 saturated heterocycles. The molecule has 0 fully saturated rings. The molecule has 0 spiro atoms. The molecule has 2 aromatic heterocycles. The molecule has 0 radical (unpaired) electrons. The number of hydrogen-bond acceptors (Lipinski definition) is 3. The van der Waals surface area contributed by atoms with Crippen LogP contribution in [0.25, 0.3) is 6.08 Å². The van der Waals surface area contributed by atoms with Gasteiger partial charge in [-0.25, -0.2) is 0 Å². The first-order valence-electron chi connectivity index (χ1n) is 5.58. The van der Waals surface area contributed by atoms with E-state index in [1.807, 2.05) is 24.7 Å². The van der Waals surface area contributed by atoms with Crippen LogP contribution in [0.2, 0.25) is 0 Å². The van der Waals surface area contributed by atoms with Gasteiger partial charge in [-0.3, -0.25) is 9.48 Å². The predicted octanol–water partition coefficient (Wildman–Crippen LogP) is 2.15. The van der Waals surface area contributed by atoms with Crippen LogP contribution in [0.15, 0.2) is 35.3 Å². The monoisotopic (exact) mass is 261 g/mol. The molecule has 0 atom stereocenters. The average molecular weight is 261 g/mol. The summed E-state index contributed by atoms with van der Waals surface area (Å²) in [5, 5.41) is 8.11. The zero-order valence-electron chi connectivity index (χ0n) is 10.4. The number of carbonyl (C=O) groups is 1. The third kappa shape index (κ3) is 3.30. The van der Waals surface area contributed by atoms with Crippen molar-refractivity contribution in [2.45, 2.75) is 6.54 Å². The number of hydrogen-bond donors (Lipinski definition) is 0. The lowest BCUT2D eigenvalue weighted by Crippen LogP contribution is -2.23. The maximum absolute atomic E-state index is 11.9. The molecule has 0 N–H and O–H groups in total. The molecule has 2 heterocycles. The fourth-order valence-electron chi connectivity index (χ4n) is 1.56. The molecule has 5 heteroatoms. The zero-order chi connectivity index (χ0) is 13.0. The van der Waals surface area contributed by atoms with Crippen LogP contribution in [0.1, 0.15) is 11.1 Å². The maximum Gasteiger partial charge on any atom is 0.246 e. The Balaban J connectivity index is 1.93. The highest BCUT2D eigenvalue weighted by Crippen LogP contribution is 2.09. The Morgan fingerprint density at radius 2 is 2.44 bits per heavy atom. The second-order valence-corrected chi connectivity index (χ2v) is 4.89. The van der Waals surface area contributed by atoms with E-state index in [1.165, 1.54) is 0 Å². The highest BCUT2D eigenvalue weighted by Gasteiger charge is 2.05. The first kappa shape index (κ1) is 12.6. The molecule has 0 aliphatic carbocycles. The van der Waals surface area contributed by atoms with Gasteiger partial charge in [0, 0.05) is 38.5 Å². The molecule has 0 aromatic carbocycles. The van der Waals surface area contributed by atoms with Crippen LogP contribution in [-0.2, 0) is 18.4 Å². The van der Waals surface area contributed by atoms with Crippen molar-refractivity contribution in [3.05, 3.63) is 46.4 Å². The van der Waals surface area contributed by atoms with Gasteiger partial charge in [0.05, 0.1) is 6.20 Å². The van der Waals surface area contributed by atoms with Gasteiger partial charge in [-0.15, -0.1) is 0 Å². The fraction of sp³-hybridized carbons (Fsp3) is 0.231. The van der Waals surface area contributed by atoms with Crippen LogP contribution in [-0.4, -0.2) is 27.6 Å². The second kappa shape index (κ2) is 5.64. The van der Waals surface area contributed by atoms with E-state index in [-0.39, 0.29) is 5.91 Å². The molecule has 0 aliphatic heterocycles. The first-order chi connectivity index (χ1) is 8.65. The number of aromatic nitrogens is 2. The van der Waals surface area contributed by atoms with Crippen molar-refractivity contribution in [2.24, 2.45) is 7.05 Å². The average Bonchev–Trinajstić information content (AvgIpc) is 2.97. The Hall–Kier alpha value is -1.88. The minimum atomic E-state index is -0.00921. The largest absolute Gasteiger partial charge is 0.338 e. The number of rotatable bonds is 4. The summed E-state index contributed by atoms with van der Waals surface area (Å²) < 4.78 is 1.71. The predicted molar refractivity (Wildman–Crippen MR) is 73.0 cm³/mol. The van der Waals surface area contributed by atoms with E-state index < -0.39 is 0 Å². The number of thiophene rings is 1. The first-order valence-corrected chi connectivity index (χ1v) is 6.52. The van der Waals surface area contributed by atoms with E-state index in [0.29, 0.717) is 6.54 Å². The van der Waals surface area contributed by atoms with Crippen molar-refractivity contribution >= 4 is 23.3 Å². The fourth-order valence-corrected chi connectivity index (χ4v) is 2.22. The second-order valence-electron chi connectivity index (χ2n) is 4.11. The van der Waals surface area contributed by atoms with Gasteiger partial charge in [-0.05, 0) is 28.5 Å². The van der Waals surface area contributed by atoms with Gasteiger partial charge in [-0.1, -0.05) is 0 Å². The van der Waals surface area contributed by atoms with Gasteiger partial charge >= 0.3 is 0 Å². The molecule has 0 unspecified atom stereocenters. The molecule has 0 bridgehead atoms. The van der Waals surface area contributed by atoms with Crippen LogP contribution >= 0.6 is 11.3 Å². The molecule has 0 aliphatic rings. The summed E-state index contributed by atoms with van der Waals surface area (Å²) >= 11 is 1.64. The Morgan fingerprint density at radius 1 is 1.61 bits per heavy atom. The van der Waals surface area contributed by atoms with E-state index >= 15 is 0 Å². The topological polar surface area (TPSA) is 38.1 Å². The maximum atomic E-state index is 11.9.